The Balaban J connectivity index is 2.30. The molecule has 2 aromatic rings. The van der Waals surface area contributed by atoms with E-state index in [4.69, 9.17) is 0 Å². The van der Waals surface area contributed by atoms with E-state index < -0.39 is 21.0 Å². The van der Waals surface area contributed by atoms with Gasteiger partial charge in [0.15, 0.2) is 9.84 Å². The Labute approximate surface area is 194 Å². The molecule has 1 amide bonds. The van der Waals surface area contributed by atoms with Crippen molar-refractivity contribution in [3.05, 3.63) is 65.7 Å². The van der Waals surface area contributed by atoms with E-state index in [1.54, 1.807) is 12.1 Å². The number of carbonyl (C=O) groups is 1. The molecular weight excluding hydrogens is 418 g/mol. The van der Waals surface area contributed by atoms with Crippen LogP contribution in [0.1, 0.15) is 76.3 Å². The highest BCUT2D eigenvalue weighted by atomic mass is 32.2. The predicted molar refractivity (Wildman–Crippen MR) is 132 cm³/mol. The summed E-state index contributed by atoms with van der Waals surface area (Å²) < 4.78 is 27.4. The Hall–Kier alpha value is -2.14. The first-order valence-electron chi connectivity index (χ1n) is 12.0. The van der Waals surface area contributed by atoms with Gasteiger partial charge in [-0.15, -0.1) is 0 Å². The summed E-state index contributed by atoms with van der Waals surface area (Å²) in [6.07, 6.45) is 6.84. The molecule has 0 spiro atoms. The number of unbranched alkanes of at least 4 members (excludes halogenated alkanes) is 4. The van der Waals surface area contributed by atoms with Gasteiger partial charge in [0.1, 0.15) is 0 Å². The van der Waals surface area contributed by atoms with Gasteiger partial charge < -0.3 is 5.32 Å². The smallest absolute Gasteiger partial charge is 0.224 e. The summed E-state index contributed by atoms with van der Waals surface area (Å²) in [7, 11) is -3.62. The maximum Gasteiger partial charge on any atom is 0.224 e. The number of hydrogen-bond acceptors (Lipinski definition) is 3. The van der Waals surface area contributed by atoms with Crippen molar-refractivity contribution in [3.63, 3.8) is 0 Å². The minimum absolute atomic E-state index is 0.154. The molecule has 2 atom stereocenters. The summed E-state index contributed by atoms with van der Waals surface area (Å²) in [5.74, 6) is -0.704. The molecule has 0 heterocycles. The summed E-state index contributed by atoms with van der Waals surface area (Å²) >= 11 is 0. The molecule has 1 N–H and O–H groups in total. The maximum atomic E-state index is 13.7. The molecule has 0 aromatic heterocycles. The van der Waals surface area contributed by atoms with Crippen LogP contribution in [0.4, 0.5) is 0 Å². The number of amides is 1. The van der Waals surface area contributed by atoms with E-state index >= 15 is 0 Å². The van der Waals surface area contributed by atoms with Gasteiger partial charge in [-0.1, -0.05) is 100 Å². The van der Waals surface area contributed by atoms with E-state index in [0.717, 1.165) is 49.7 Å². The molecule has 5 heteroatoms. The number of rotatable bonds is 14. The average Bonchev–Trinajstić information content (AvgIpc) is 2.80. The first-order valence-corrected chi connectivity index (χ1v) is 13.6. The molecule has 1 unspecified atom stereocenters. The van der Waals surface area contributed by atoms with Crippen molar-refractivity contribution in [1.82, 2.24) is 5.32 Å². The highest BCUT2D eigenvalue weighted by Crippen LogP contribution is 2.30. The van der Waals surface area contributed by atoms with E-state index in [-0.39, 0.29) is 5.91 Å². The van der Waals surface area contributed by atoms with Crippen molar-refractivity contribution >= 4 is 15.7 Å². The Kier molecular flexibility index (Phi) is 10.9. The SMILES string of the molecule is CCCCCCC([C@@H](CCCC)C(=O)NCc1ccccc1)S(=O)(=O)c1ccc(C)cc1. The van der Waals surface area contributed by atoms with E-state index in [2.05, 4.69) is 19.2 Å². The molecular formula is C27H39NO3S. The molecule has 0 saturated carbocycles. The van der Waals surface area contributed by atoms with Gasteiger partial charge >= 0.3 is 0 Å². The molecule has 176 valence electrons. The highest BCUT2D eigenvalue weighted by Gasteiger charge is 2.37. The summed E-state index contributed by atoms with van der Waals surface area (Å²) in [5, 5.41) is 2.32. The Morgan fingerprint density at radius 1 is 0.844 bits per heavy atom. The Morgan fingerprint density at radius 3 is 2.12 bits per heavy atom. The zero-order valence-corrected chi connectivity index (χ0v) is 20.7. The van der Waals surface area contributed by atoms with Crippen LogP contribution in [0.3, 0.4) is 0 Å². The lowest BCUT2D eigenvalue weighted by atomic mass is 9.93. The zero-order chi connectivity index (χ0) is 23.4. The Morgan fingerprint density at radius 2 is 1.50 bits per heavy atom. The normalized spacial score (nSPS) is 13.5. The quantitative estimate of drug-likeness (QED) is 0.342. The fraction of sp³-hybridized carbons (Fsp3) is 0.519. The first-order chi connectivity index (χ1) is 15.4. The van der Waals surface area contributed by atoms with Gasteiger partial charge in [-0.3, -0.25) is 4.79 Å². The van der Waals surface area contributed by atoms with E-state index in [9.17, 15) is 13.2 Å². The molecule has 0 radical (unpaired) electrons. The molecule has 0 aliphatic heterocycles. The lowest BCUT2D eigenvalue weighted by Gasteiger charge is -2.27. The van der Waals surface area contributed by atoms with Crippen LogP contribution in [0.5, 0.6) is 0 Å². The van der Waals surface area contributed by atoms with Crippen LogP contribution >= 0.6 is 0 Å². The third-order valence-corrected chi connectivity index (χ3v) is 8.34. The van der Waals surface area contributed by atoms with Gasteiger partial charge in [-0.05, 0) is 37.5 Å². The van der Waals surface area contributed by atoms with Gasteiger partial charge in [-0.2, -0.15) is 0 Å². The van der Waals surface area contributed by atoms with Gasteiger partial charge in [0, 0.05) is 6.54 Å². The second-order valence-corrected chi connectivity index (χ2v) is 10.9. The lowest BCUT2D eigenvalue weighted by Crippen LogP contribution is -2.41. The third-order valence-electron chi connectivity index (χ3n) is 6.05. The minimum Gasteiger partial charge on any atom is -0.352 e. The number of sulfone groups is 1. The van der Waals surface area contributed by atoms with Crippen molar-refractivity contribution in [1.29, 1.82) is 0 Å². The van der Waals surface area contributed by atoms with Crippen LogP contribution < -0.4 is 5.32 Å². The molecule has 0 aliphatic rings. The van der Waals surface area contributed by atoms with E-state index in [1.165, 1.54) is 0 Å². The molecule has 32 heavy (non-hydrogen) atoms. The van der Waals surface area contributed by atoms with Gasteiger partial charge in [-0.25, -0.2) is 8.42 Å². The number of hydrogen-bond donors (Lipinski definition) is 1. The number of nitrogens with one attached hydrogen (secondary N) is 1. The van der Waals surface area contributed by atoms with Crippen LogP contribution in [0.2, 0.25) is 0 Å². The van der Waals surface area contributed by atoms with Crippen LogP contribution in [0.25, 0.3) is 0 Å². The molecule has 0 fully saturated rings. The maximum absolute atomic E-state index is 13.7. The third kappa shape index (κ3) is 7.77. The molecule has 0 bridgehead atoms. The first kappa shape index (κ1) is 26.1. The monoisotopic (exact) mass is 457 g/mol. The number of aryl methyl sites for hydroxylation is 1. The van der Waals surface area contributed by atoms with Gasteiger partial charge in [0.25, 0.3) is 0 Å². The molecule has 0 aliphatic carbocycles. The minimum atomic E-state index is -3.62. The second-order valence-electron chi connectivity index (χ2n) is 8.70. The van der Waals surface area contributed by atoms with Crippen molar-refractivity contribution in [2.75, 3.05) is 0 Å². The highest BCUT2D eigenvalue weighted by molar-refractivity contribution is 7.92. The zero-order valence-electron chi connectivity index (χ0n) is 19.8. The van der Waals surface area contributed by atoms with E-state index in [1.807, 2.05) is 49.4 Å². The van der Waals surface area contributed by atoms with Crippen LogP contribution in [-0.4, -0.2) is 19.6 Å². The fourth-order valence-corrected chi connectivity index (χ4v) is 6.11. The van der Waals surface area contributed by atoms with Crippen molar-refractivity contribution in [2.45, 2.75) is 88.8 Å². The molecule has 2 rings (SSSR count). The molecule has 4 nitrogen and oxygen atoms in total. The summed E-state index contributed by atoms with van der Waals surface area (Å²) in [6, 6.07) is 16.8. The van der Waals surface area contributed by atoms with Crippen molar-refractivity contribution in [2.24, 2.45) is 5.92 Å². The topological polar surface area (TPSA) is 63.2 Å². The molecule has 0 saturated heterocycles. The van der Waals surface area contributed by atoms with Crippen molar-refractivity contribution < 1.29 is 13.2 Å². The fourth-order valence-electron chi connectivity index (χ4n) is 4.07. The largest absolute Gasteiger partial charge is 0.352 e. The predicted octanol–water partition coefficient (Wildman–Crippen LogP) is 6.23. The van der Waals surface area contributed by atoms with E-state index in [0.29, 0.717) is 24.3 Å². The summed E-state index contributed by atoms with van der Waals surface area (Å²) in [5.41, 5.74) is 2.03. The van der Waals surface area contributed by atoms with Crippen LogP contribution in [0, 0.1) is 12.8 Å². The lowest BCUT2D eigenvalue weighted by molar-refractivity contribution is -0.125. The van der Waals surface area contributed by atoms with Gasteiger partial charge in [0.2, 0.25) is 5.91 Å². The summed E-state index contributed by atoms with van der Waals surface area (Å²) in [6.45, 7) is 6.57. The number of benzene rings is 2. The Bertz CT molecular complexity index is 908. The average molecular weight is 458 g/mol. The summed E-state index contributed by atoms with van der Waals surface area (Å²) in [4.78, 5) is 13.6. The van der Waals surface area contributed by atoms with Crippen LogP contribution in [0.15, 0.2) is 59.5 Å². The van der Waals surface area contributed by atoms with Crippen molar-refractivity contribution in [3.8, 4) is 0 Å². The number of carbonyl (C=O) groups excluding carboxylic acids is 1. The van der Waals surface area contributed by atoms with Crippen LogP contribution in [-0.2, 0) is 21.2 Å². The molecule has 2 aromatic carbocycles. The van der Waals surface area contributed by atoms with Gasteiger partial charge in [0.05, 0.1) is 16.1 Å². The second kappa shape index (κ2) is 13.4. The standard InChI is InChI=1S/C27H39NO3S/c1-4-6-8-12-16-26(32(30,31)24-19-17-22(3)18-20-24)25(15-7-5-2)27(29)28-21-23-13-10-9-11-14-23/h9-11,13-14,17-20,25-26H,4-8,12,15-16,21H2,1-3H3,(H,28,29)/t25-,26?/m1/s1.